The van der Waals surface area contributed by atoms with E-state index in [-0.39, 0.29) is 18.2 Å². The van der Waals surface area contributed by atoms with Gasteiger partial charge in [0.1, 0.15) is 11.0 Å². The summed E-state index contributed by atoms with van der Waals surface area (Å²) in [5, 5.41) is 3.01. The fourth-order valence-electron chi connectivity index (χ4n) is 2.52. The van der Waals surface area contributed by atoms with Crippen molar-refractivity contribution >= 4 is 34.4 Å². The quantitative estimate of drug-likeness (QED) is 0.884. The van der Waals surface area contributed by atoms with Gasteiger partial charge in [-0.25, -0.2) is 0 Å². The van der Waals surface area contributed by atoms with E-state index >= 15 is 0 Å². The number of aliphatic imine (C=N–C) groups is 1. The lowest BCUT2D eigenvalue weighted by Gasteiger charge is -2.27. The van der Waals surface area contributed by atoms with Crippen LogP contribution in [0.25, 0.3) is 0 Å². The molecule has 2 aliphatic heterocycles. The number of benzene rings is 1. The van der Waals surface area contributed by atoms with Crippen molar-refractivity contribution in [2.75, 3.05) is 38.7 Å². The minimum atomic E-state index is -0.474. The Bertz CT molecular complexity index is 658. The second-order valence-electron chi connectivity index (χ2n) is 5.39. The molecule has 0 bridgehead atoms. The molecule has 2 aliphatic rings. The summed E-state index contributed by atoms with van der Waals surface area (Å²) < 4.78 is 10.5. The maximum Gasteiger partial charge on any atom is 0.262 e. The Labute approximate surface area is 144 Å². The molecule has 3 rings (SSSR count). The smallest absolute Gasteiger partial charge is 0.262 e. The van der Waals surface area contributed by atoms with Crippen LogP contribution in [0.2, 0.25) is 0 Å². The van der Waals surface area contributed by atoms with Crippen LogP contribution >= 0.6 is 11.8 Å². The summed E-state index contributed by atoms with van der Waals surface area (Å²) in [6.07, 6.45) is 0.0822. The van der Waals surface area contributed by atoms with Gasteiger partial charge in [-0.15, -0.1) is 0 Å². The highest BCUT2D eigenvalue weighted by Crippen LogP contribution is 2.29. The third kappa shape index (κ3) is 3.88. The minimum absolute atomic E-state index is 0.0822. The van der Waals surface area contributed by atoms with E-state index in [1.54, 1.807) is 19.2 Å². The zero-order valence-electron chi connectivity index (χ0n) is 13.4. The van der Waals surface area contributed by atoms with Crippen molar-refractivity contribution in [3.8, 4) is 5.75 Å². The molecule has 7 nitrogen and oxygen atoms in total. The summed E-state index contributed by atoms with van der Waals surface area (Å²) in [5.41, 5.74) is 0.592. The third-order valence-electron chi connectivity index (χ3n) is 3.76. The van der Waals surface area contributed by atoms with Crippen LogP contribution in [0.3, 0.4) is 0 Å². The number of hydrogen-bond acceptors (Lipinski definition) is 6. The fourth-order valence-corrected chi connectivity index (χ4v) is 3.63. The average molecular weight is 349 g/mol. The molecule has 1 aromatic rings. The monoisotopic (exact) mass is 349 g/mol. The van der Waals surface area contributed by atoms with E-state index in [9.17, 15) is 9.59 Å². The number of thioether (sulfide) groups is 1. The minimum Gasteiger partial charge on any atom is -0.495 e. The van der Waals surface area contributed by atoms with Crippen LogP contribution in [0, 0.1) is 0 Å². The number of carbonyl (C=O) groups excluding carboxylic acids is 2. The van der Waals surface area contributed by atoms with Gasteiger partial charge >= 0.3 is 0 Å². The van der Waals surface area contributed by atoms with E-state index in [2.05, 4.69) is 10.3 Å². The van der Waals surface area contributed by atoms with Gasteiger partial charge in [0.2, 0.25) is 5.91 Å². The van der Waals surface area contributed by atoms with Crippen LogP contribution in [0.15, 0.2) is 29.3 Å². The molecule has 1 atom stereocenters. The van der Waals surface area contributed by atoms with E-state index < -0.39 is 5.25 Å². The number of morpholine rings is 1. The first-order valence-corrected chi connectivity index (χ1v) is 8.60. The fraction of sp³-hybridized carbons (Fsp3) is 0.438. The number of methoxy groups -OCH3 is 1. The Morgan fingerprint density at radius 1 is 1.42 bits per heavy atom. The van der Waals surface area contributed by atoms with Crippen molar-refractivity contribution in [2.24, 2.45) is 4.99 Å². The van der Waals surface area contributed by atoms with Crippen molar-refractivity contribution in [1.82, 2.24) is 4.90 Å². The molecule has 1 aromatic carbocycles. The number of para-hydroxylation sites is 2. The zero-order chi connectivity index (χ0) is 16.9. The van der Waals surface area contributed by atoms with Crippen molar-refractivity contribution in [1.29, 1.82) is 0 Å². The molecule has 0 aromatic heterocycles. The molecule has 0 radical (unpaired) electrons. The average Bonchev–Trinajstić information content (AvgIpc) is 2.97. The van der Waals surface area contributed by atoms with Gasteiger partial charge in [0.05, 0.1) is 26.0 Å². The Morgan fingerprint density at radius 2 is 2.17 bits per heavy atom. The summed E-state index contributed by atoms with van der Waals surface area (Å²) in [6.45, 7) is 2.71. The normalized spacial score (nSPS) is 20.7. The molecule has 0 spiro atoms. The zero-order valence-corrected chi connectivity index (χ0v) is 14.2. The lowest BCUT2D eigenvalue weighted by molar-refractivity contribution is -0.121. The molecule has 2 heterocycles. The number of nitrogens with one attached hydrogen (secondary N) is 1. The summed E-state index contributed by atoms with van der Waals surface area (Å²) in [5.74, 6) is 0.0990. The van der Waals surface area contributed by atoms with Crippen molar-refractivity contribution in [3.05, 3.63) is 24.3 Å². The van der Waals surface area contributed by atoms with Gasteiger partial charge in [0.25, 0.3) is 5.91 Å². The summed E-state index contributed by atoms with van der Waals surface area (Å²) >= 11 is 1.35. The molecule has 1 saturated heterocycles. The summed E-state index contributed by atoms with van der Waals surface area (Å²) in [6, 6.07) is 7.17. The highest BCUT2D eigenvalue weighted by Gasteiger charge is 2.33. The van der Waals surface area contributed by atoms with Gasteiger partial charge in [-0.3, -0.25) is 9.59 Å². The number of ether oxygens (including phenoxy) is 2. The molecule has 0 unspecified atom stereocenters. The molecule has 0 saturated carbocycles. The molecule has 1 N–H and O–H groups in total. The van der Waals surface area contributed by atoms with E-state index in [4.69, 9.17) is 9.47 Å². The summed E-state index contributed by atoms with van der Waals surface area (Å²) in [7, 11) is 1.55. The van der Waals surface area contributed by atoms with Crippen molar-refractivity contribution in [2.45, 2.75) is 11.7 Å². The number of nitrogens with zero attached hydrogens (tertiary/aromatic N) is 2. The number of amidine groups is 1. The second kappa shape index (κ2) is 7.67. The maximum absolute atomic E-state index is 12.2. The predicted octanol–water partition coefficient (Wildman–Crippen LogP) is 1.35. The Hall–Kier alpha value is -2.06. The van der Waals surface area contributed by atoms with Crippen molar-refractivity contribution < 1.29 is 19.1 Å². The molecular formula is C16H19N3O4S. The van der Waals surface area contributed by atoms with E-state index in [0.29, 0.717) is 29.8 Å². The Morgan fingerprint density at radius 3 is 2.92 bits per heavy atom. The first kappa shape index (κ1) is 16.8. The van der Waals surface area contributed by atoms with E-state index in [1.807, 2.05) is 17.0 Å². The van der Waals surface area contributed by atoms with Crippen LogP contribution in [0.4, 0.5) is 5.69 Å². The Kier molecular flexibility index (Phi) is 5.37. The lowest BCUT2D eigenvalue weighted by atomic mass is 10.2. The third-order valence-corrected chi connectivity index (χ3v) is 4.98. The molecule has 8 heteroatoms. The molecular weight excluding hydrogens is 330 g/mol. The number of rotatable bonds is 4. The van der Waals surface area contributed by atoms with E-state index in [0.717, 1.165) is 13.1 Å². The summed E-state index contributed by atoms with van der Waals surface area (Å²) in [4.78, 5) is 30.4. The van der Waals surface area contributed by atoms with Crippen LogP contribution < -0.4 is 10.1 Å². The van der Waals surface area contributed by atoms with Gasteiger partial charge < -0.3 is 19.7 Å². The number of hydrogen-bond donors (Lipinski definition) is 1. The van der Waals surface area contributed by atoms with E-state index in [1.165, 1.54) is 11.8 Å². The Balaban J connectivity index is 1.56. The van der Waals surface area contributed by atoms with Gasteiger partial charge in [-0.1, -0.05) is 23.9 Å². The van der Waals surface area contributed by atoms with Gasteiger partial charge in [0, 0.05) is 19.5 Å². The number of carbonyl (C=O) groups is 2. The van der Waals surface area contributed by atoms with Crippen LogP contribution in [-0.4, -0.2) is 60.5 Å². The number of anilines is 1. The highest BCUT2D eigenvalue weighted by atomic mass is 32.2. The van der Waals surface area contributed by atoms with Gasteiger partial charge in [-0.2, -0.15) is 4.99 Å². The van der Waals surface area contributed by atoms with Gasteiger partial charge in [-0.05, 0) is 12.1 Å². The largest absolute Gasteiger partial charge is 0.495 e. The number of amides is 2. The topological polar surface area (TPSA) is 80.2 Å². The maximum atomic E-state index is 12.2. The molecule has 1 fully saturated rings. The standard InChI is InChI=1S/C16H19N3O4S/c1-22-12-5-3-2-4-11(12)17-14(20)10-13-15(21)18-16(24-13)19-6-8-23-9-7-19/h2-5,13H,6-10H2,1H3,(H,17,20)/t13-/m1/s1. The van der Waals surface area contributed by atoms with Crippen LogP contribution in [0.5, 0.6) is 5.75 Å². The lowest BCUT2D eigenvalue weighted by Crippen LogP contribution is -2.39. The molecule has 2 amide bonds. The predicted molar refractivity (Wildman–Crippen MR) is 92.5 cm³/mol. The first-order chi connectivity index (χ1) is 11.7. The molecule has 128 valence electrons. The van der Waals surface area contributed by atoms with Crippen LogP contribution in [0.1, 0.15) is 6.42 Å². The van der Waals surface area contributed by atoms with Crippen LogP contribution in [-0.2, 0) is 14.3 Å². The highest BCUT2D eigenvalue weighted by molar-refractivity contribution is 8.15. The molecule has 0 aliphatic carbocycles. The van der Waals surface area contributed by atoms with Gasteiger partial charge in [0.15, 0.2) is 5.17 Å². The molecule has 24 heavy (non-hydrogen) atoms. The SMILES string of the molecule is COc1ccccc1NC(=O)C[C@H]1SC(N2CCOCC2)=NC1=O. The first-order valence-electron chi connectivity index (χ1n) is 7.72. The second-order valence-corrected chi connectivity index (χ2v) is 6.56. The van der Waals surface area contributed by atoms with Crippen molar-refractivity contribution in [3.63, 3.8) is 0 Å².